The lowest BCUT2D eigenvalue weighted by Crippen LogP contribution is -2.52. The molecule has 5 heteroatoms. The van der Waals surface area contributed by atoms with E-state index in [1.165, 1.54) is 37.0 Å². The summed E-state index contributed by atoms with van der Waals surface area (Å²) in [7, 11) is 0. The zero-order chi connectivity index (χ0) is 15.3. The van der Waals surface area contributed by atoms with Gasteiger partial charge in [-0.1, -0.05) is 0 Å². The lowest BCUT2D eigenvalue weighted by molar-refractivity contribution is -0.131. The molecule has 116 valence electrons. The summed E-state index contributed by atoms with van der Waals surface area (Å²) in [6, 6.07) is 3.50. The molecule has 0 spiro atoms. The lowest BCUT2D eigenvalue weighted by Gasteiger charge is -2.35. The molecular formula is C17H22N4O. The highest BCUT2D eigenvalue weighted by Gasteiger charge is 2.57. The summed E-state index contributed by atoms with van der Waals surface area (Å²) in [5, 5.41) is 22.0. The molecule has 0 aromatic carbocycles. The van der Waals surface area contributed by atoms with E-state index in [2.05, 4.69) is 17.5 Å². The molecule has 6 atom stereocenters. The molecular weight excluding hydrogens is 276 g/mol. The second-order valence-electron chi connectivity index (χ2n) is 7.72. The number of rotatable bonds is 3. The predicted octanol–water partition coefficient (Wildman–Crippen LogP) is 1.56. The van der Waals surface area contributed by atoms with E-state index < -0.39 is 12.1 Å². The van der Waals surface area contributed by atoms with Crippen LogP contribution in [0.5, 0.6) is 0 Å². The van der Waals surface area contributed by atoms with Crippen LogP contribution in [-0.2, 0) is 4.79 Å². The van der Waals surface area contributed by atoms with Crippen LogP contribution in [0.4, 0.5) is 0 Å². The third kappa shape index (κ3) is 1.96. The molecule has 0 aromatic rings. The summed E-state index contributed by atoms with van der Waals surface area (Å²) < 4.78 is 0. The topological polar surface area (TPSA) is 79.9 Å². The van der Waals surface area contributed by atoms with Gasteiger partial charge < -0.3 is 10.2 Å². The number of carbonyl (C=O) groups excluding carboxylic acids is 1. The van der Waals surface area contributed by atoms with Crippen molar-refractivity contribution in [1.82, 2.24) is 10.2 Å². The standard InChI is InChI=1S/C17H22N4O/c18-8-14-1-2-15(9-19)21(14)16(22)10-20-17-6-11-3-12(7-17)5-13(17)4-11/h11-15,20H,1-7,10H2/t11-,12+,13?,14-,15+,17?. The molecule has 1 heterocycles. The SMILES string of the molecule is N#C[C@@H]1CC[C@H](C#N)N1C(=O)CNC12C[C@@H]3CC1C[C@@H](C3)C2. The number of nitrogens with one attached hydrogen (secondary N) is 1. The Morgan fingerprint density at radius 2 is 1.68 bits per heavy atom. The summed E-state index contributed by atoms with van der Waals surface area (Å²) in [4.78, 5) is 14.1. The van der Waals surface area contributed by atoms with Gasteiger partial charge >= 0.3 is 0 Å². The first-order chi connectivity index (χ1) is 10.6. The van der Waals surface area contributed by atoms with Gasteiger partial charge in [-0.15, -0.1) is 0 Å². The molecule has 0 radical (unpaired) electrons. The van der Waals surface area contributed by atoms with Gasteiger partial charge in [0.05, 0.1) is 18.7 Å². The van der Waals surface area contributed by atoms with E-state index in [9.17, 15) is 15.3 Å². The molecule has 0 aromatic heterocycles. The maximum atomic E-state index is 12.6. The summed E-state index contributed by atoms with van der Waals surface area (Å²) >= 11 is 0. The van der Waals surface area contributed by atoms with Crippen molar-refractivity contribution in [2.75, 3.05) is 6.54 Å². The molecule has 2 unspecified atom stereocenters. The van der Waals surface area contributed by atoms with E-state index >= 15 is 0 Å². The molecule has 22 heavy (non-hydrogen) atoms. The van der Waals surface area contributed by atoms with Crippen molar-refractivity contribution in [3.05, 3.63) is 0 Å². The van der Waals surface area contributed by atoms with Crippen LogP contribution in [0.25, 0.3) is 0 Å². The van der Waals surface area contributed by atoms with Crippen LogP contribution in [0.1, 0.15) is 44.9 Å². The third-order valence-electron chi connectivity index (χ3n) is 6.55. The van der Waals surface area contributed by atoms with Crippen LogP contribution >= 0.6 is 0 Å². The van der Waals surface area contributed by atoms with Gasteiger partial charge in [0.15, 0.2) is 0 Å². The molecule has 1 aliphatic heterocycles. The molecule has 1 amide bonds. The number of likely N-dealkylation sites (tertiary alicyclic amines) is 1. The van der Waals surface area contributed by atoms with Crippen molar-refractivity contribution >= 4 is 5.91 Å². The van der Waals surface area contributed by atoms with Gasteiger partial charge in [-0.25, -0.2) is 0 Å². The molecule has 5 aliphatic rings. The minimum absolute atomic E-state index is 0.0730. The Hall–Kier alpha value is -1.59. The first-order valence-electron chi connectivity index (χ1n) is 8.50. The average Bonchev–Trinajstić information content (AvgIpc) is 3.11. The normalized spacial score (nSPS) is 45.0. The Morgan fingerprint density at radius 3 is 2.23 bits per heavy atom. The van der Waals surface area contributed by atoms with Gasteiger partial charge in [-0.2, -0.15) is 10.5 Å². The van der Waals surface area contributed by atoms with Crippen molar-refractivity contribution < 1.29 is 4.79 Å². The highest BCUT2D eigenvalue weighted by atomic mass is 16.2. The summed E-state index contributed by atoms with van der Waals surface area (Å²) in [5.74, 6) is 2.37. The second kappa shape index (κ2) is 4.96. The molecule has 4 aliphatic carbocycles. The minimum Gasteiger partial charge on any atom is -0.310 e. The van der Waals surface area contributed by atoms with E-state index in [0.717, 1.165) is 17.8 Å². The predicted molar refractivity (Wildman–Crippen MR) is 79.2 cm³/mol. The van der Waals surface area contributed by atoms with Gasteiger partial charge in [-0.3, -0.25) is 4.79 Å². The highest BCUT2D eigenvalue weighted by Crippen LogP contribution is 2.60. The Balaban J connectivity index is 1.43. The van der Waals surface area contributed by atoms with Crippen LogP contribution in [-0.4, -0.2) is 35.0 Å². The van der Waals surface area contributed by atoms with E-state index in [1.54, 1.807) is 0 Å². The minimum atomic E-state index is -0.423. The number of hydrogen-bond acceptors (Lipinski definition) is 4. The maximum absolute atomic E-state index is 12.6. The Bertz CT molecular complexity index is 538. The number of nitrogens with zero attached hydrogens (tertiary/aromatic N) is 3. The number of carbonyl (C=O) groups is 1. The van der Waals surface area contributed by atoms with Crippen LogP contribution in [0, 0.1) is 40.4 Å². The first kappa shape index (κ1) is 14.0. The monoisotopic (exact) mass is 298 g/mol. The number of hydrogen-bond donors (Lipinski definition) is 1. The molecule has 4 bridgehead atoms. The average molecular weight is 298 g/mol. The van der Waals surface area contributed by atoms with Crippen LogP contribution in [0.15, 0.2) is 0 Å². The zero-order valence-corrected chi connectivity index (χ0v) is 12.8. The fraction of sp³-hybridized carbons (Fsp3) is 0.824. The van der Waals surface area contributed by atoms with E-state index in [0.29, 0.717) is 12.8 Å². The molecule has 5 nitrogen and oxygen atoms in total. The number of nitriles is 2. The fourth-order valence-corrected chi connectivity index (χ4v) is 5.84. The van der Waals surface area contributed by atoms with E-state index in [4.69, 9.17) is 0 Å². The Labute approximate surface area is 131 Å². The van der Waals surface area contributed by atoms with Crippen molar-refractivity contribution in [3.63, 3.8) is 0 Å². The van der Waals surface area contributed by atoms with Crippen molar-refractivity contribution in [2.45, 2.75) is 62.6 Å². The maximum Gasteiger partial charge on any atom is 0.238 e. The largest absolute Gasteiger partial charge is 0.310 e. The molecule has 1 saturated heterocycles. The summed E-state index contributed by atoms with van der Waals surface area (Å²) in [6.45, 7) is 0.284. The summed E-state index contributed by atoms with van der Waals surface area (Å²) in [5.41, 5.74) is 0.174. The molecule has 5 fully saturated rings. The summed E-state index contributed by atoms with van der Waals surface area (Å²) in [6.07, 6.45) is 7.70. The highest BCUT2D eigenvalue weighted by molar-refractivity contribution is 5.80. The van der Waals surface area contributed by atoms with Gasteiger partial charge in [0.25, 0.3) is 0 Å². The van der Waals surface area contributed by atoms with Crippen LogP contribution in [0.3, 0.4) is 0 Å². The van der Waals surface area contributed by atoms with Crippen molar-refractivity contribution in [2.24, 2.45) is 17.8 Å². The van der Waals surface area contributed by atoms with Crippen LogP contribution in [0.2, 0.25) is 0 Å². The Kier molecular flexibility index (Phi) is 3.16. The smallest absolute Gasteiger partial charge is 0.238 e. The first-order valence-corrected chi connectivity index (χ1v) is 8.50. The lowest BCUT2D eigenvalue weighted by atomic mass is 9.80. The van der Waals surface area contributed by atoms with Gasteiger partial charge in [0, 0.05) is 5.54 Å². The van der Waals surface area contributed by atoms with Crippen LogP contribution < -0.4 is 5.32 Å². The Morgan fingerprint density at radius 1 is 1.09 bits per heavy atom. The second-order valence-corrected chi connectivity index (χ2v) is 7.72. The van der Waals surface area contributed by atoms with Crippen molar-refractivity contribution in [1.29, 1.82) is 10.5 Å². The van der Waals surface area contributed by atoms with Gasteiger partial charge in [0.1, 0.15) is 12.1 Å². The third-order valence-corrected chi connectivity index (χ3v) is 6.55. The molecule has 1 N–H and O–H groups in total. The molecule has 5 rings (SSSR count). The van der Waals surface area contributed by atoms with E-state index in [-0.39, 0.29) is 18.0 Å². The van der Waals surface area contributed by atoms with Gasteiger partial charge in [-0.05, 0) is 62.7 Å². The quantitative estimate of drug-likeness (QED) is 0.857. The van der Waals surface area contributed by atoms with Gasteiger partial charge in [0.2, 0.25) is 5.91 Å². The fourth-order valence-electron chi connectivity index (χ4n) is 5.84. The van der Waals surface area contributed by atoms with E-state index in [1.807, 2.05) is 0 Å². The molecule has 4 saturated carbocycles. The van der Waals surface area contributed by atoms with Crippen molar-refractivity contribution in [3.8, 4) is 12.1 Å². The zero-order valence-electron chi connectivity index (χ0n) is 12.8. The number of amides is 1.